The molecule has 0 aliphatic heterocycles. The molecule has 0 aliphatic rings. The van der Waals surface area contributed by atoms with Crippen LogP contribution in [0, 0.1) is 5.82 Å². The van der Waals surface area contributed by atoms with E-state index in [9.17, 15) is 9.18 Å². The Morgan fingerprint density at radius 1 is 1.20 bits per heavy atom. The zero-order valence-electron chi connectivity index (χ0n) is 17.5. The minimum Gasteiger partial charge on any atom is -0.305 e. The molecular weight excluding hydrogens is 423 g/mol. The number of nitrogens with two attached hydrogens (primary N) is 1. The number of hydrogen-bond donors (Lipinski definition) is 2. The van der Waals surface area contributed by atoms with Crippen molar-refractivity contribution in [2.24, 2.45) is 16.5 Å². The van der Waals surface area contributed by atoms with E-state index in [-0.39, 0.29) is 17.7 Å². The van der Waals surface area contributed by atoms with Gasteiger partial charge in [-0.3, -0.25) is 9.82 Å². The van der Waals surface area contributed by atoms with Gasteiger partial charge in [0.25, 0.3) is 0 Å². The Labute approximate surface area is 180 Å². The summed E-state index contributed by atoms with van der Waals surface area (Å²) in [6.07, 6.45) is 3.18. The van der Waals surface area contributed by atoms with Crippen LogP contribution < -0.4 is 10.5 Å². The molecule has 0 saturated carbocycles. The van der Waals surface area contributed by atoms with Crippen LogP contribution in [0.1, 0.15) is 50.7 Å². The van der Waals surface area contributed by atoms with Crippen molar-refractivity contribution in [1.82, 2.24) is 14.8 Å². The molecule has 1 aromatic carbocycles. The summed E-state index contributed by atoms with van der Waals surface area (Å²) in [6, 6.07) is 3.96. The summed E-state index contributed by atoms with van der Waals surface area (Å²) < 4.78 is 19.8. The lowest BCUT2D eigenvalue weighted by Gasteiger charge is -2.20. The lowest BCUT2D eigenvalue weighted by atomic mass is 9.92. The molecule has 30 heavy (non-hydrogen) atoms. The van der Waals surface area contributed by atoms with Gasteiger partial charge in [-0.15, -0.1) is 4.36 Å². The van der Waals surface area contributed by atoms with E-state index >= 15 is 0 Å². The highest BCUT2D eigenvalue weighted by atomic mass is 32.8. The van der Waals surface area contributed by atoms with Crippen molar-refractivity contribution in [1.29, 1.82) is 0 Å². The number of fused-ring (bicyclic) bond motifs is 1. The van der Waals surface area contributed by atoms with E-state index < -0.39 is 14.6 Å². The molecule has 1 atom stereocenters. The molecule has 3 rings (SSSR count). The van der Waals surface area contributed by atoms with Crippen molar-refractivity contribution < 1.29 is 9.18 Å². The molecule has 0 saturated heterocycles. The predicted molar refractivity (Wildman–Crippen MR) is 122 cm³/mol. The van der Waals surface area contributed by atoms with Gasteiger partial charge in [0.05, 0.1) is 11.1 Å². The van der Waals surface area contributed by atoms with Crippen LogP contribution in [0.15, 0.2) is 39.9 Å². The summed E-state index contributed by atoms with van der Waals surface area (Å²) in [5.41, 5.74) is 2.63. The molecule has 2 heterocycles. The fourth-order valence-electron chi connectivity index (χ4n) is 3.19. The predicted octanol–water partition coefficient (Wildman–Crippen LogP) is 4.62. The molecular formula is C20H25FN6OS2. The maximum absolute atomic E-state index is 14.1. The standard InChI is InChI=1S/C20H25FN6OS2/c1-11(2)16-7-14(21)8-17(12(3)4)18(16)25-20(28)26-30(22,29)15-6-13-9-24-27(5)19(13)23-10-15/h6-12H,1-5H3,(H3,22,25,26,28,29). The van der Waals surface area contributed by atoms with E-state index in [1.54, 1.807) is 24.0 Å². The van der Waals surface area contributed by atoms with Crippen LogP contribution in [0.5, 0.6) is 0 Å². The third-order valence-electron chi connectivity index (χ3n) is 4.74. The number of hydrogen-bond acceptors (Lipinski definition) is 4. The summed E-state index contributed by atoms with van der Waals surface area (Å²) in [7, 11) is -0.931. The first kappa shape index (κ1) is 22.3. The summed E-state index contributed by atoms with van der Waals surface area (Å²) in [5, 5.41) is 14.0. The summed E-state index contributed by atoms with van der Waals surface area (Å²) in [6.45, 7) is 7.75. The molecule has 0 radical (unpaired) electrons. The van der Waals surface area contributed by atoms with Gasteiger partial charge in [-0.25, -0.2) is 14.2 Å². The van der Waals surface area contributed by atoms with Gasteiger partial charge in [-0.2, -0.15) is 5.10 Å². The number of aromatic nitrogens is 3. The third-order valence-corrected chi connectivity index (χ3v) is 6.88. The van der Waals surface area contributed by atoms with Crippen LogP contribution >= 0.6 is 0 Å². The van der Waals surface area contributed by atoms with Crippen LogP contribution in [-0.4, -0.2) is 20.8 Å². The van der Waals surface area contributed by atoms with Gasteiger partial charge >= 0.3 is 6.03 Å². The van der Waals surface area contributed by atoms with Crippen molar-refractivity contribution in [2.45, 2.75) is 44.4 Å². The Hall–Kier alpha value is -2.43. The molecule has 160 valence electrons. The average Bonchev–Trinajstić information content (AvgIpc) is 3.02. The zero-order chi connectivity index (χ0) is 22.2. The number of carbonyl (C=O) groups is 1. The smallest absolute Gasteiger partial charge is 0.305 e. The van der Waals surface area contributed by atoms with Crippen LogP contribution in [0.4, 0.5) is 14.9 Å². The number of nitrogens with zero attached hydrogens (tertiary/aromatic N) is 4. The number of carbonyl (C=O) groups excluding carboxylic acids is 1. The van der Waals surface area contributed by atoms with Crippen molar-refractivity contribution in [2.75, 3.05) is 5.32 Å². The summed E-state index contributed by atoms with van der Waals surface area (Å²) in [4.78, 5) is 17.6. The van der Waals surface area contributed by atoms with Gasteiger partial charge in [0, 0.05) is 32.9 Å². The van der Waals surface area contributed by atoms with Gasteiger partial charge in [0.1, 0.15) is 5.82 Å². The van der Waals surface area contributed by atoms with Crippen molar-refractivity contribution in [3.05, 3.63) is 47.5 Å². The number of aryl methyl sites for hydroxylation is 1. The summed E-state index contributed by atoms with van der Waals surface area (Å²) in [5.74, 6) is -0.330. The first-order valence-electron chi connectivity index (χ1n) is 9.46. The highest BCUT2D eigenvalue weighted by molar-refractivity contribution is 8.33. The third kappa shape index (κ3) is 4.50. The molecule has 0 fully saturated rings. The molecule has 2 aromatic heterocycles. The SMILES string of the molecule is CC(C)c1cc(F)cc(C(C)C)c1NC(=O)N=S(N)(=S)c1cnc2c(cnn2C)c1. The monoisotopic (exact) mass is 448 g/mol. The number of benzene rings is 1. The van der Waals surface area contributed by atoms with Gasteiger partial charge < -0.3 is 5.32 Å². The number of halogens is 1. The Bertz CT molecular complexity index is 1210. The van der Waals surface area contributed by atoms with Gasteiger partial charge in [-0.05, 0) is 52.3 Å². The Kier molecular flexibility index (Phi) is 6.21. The fourth-order valence-corrected chi connectivity index (χ4v) is 4.57. The number of pyridine rings is 1. The number of nitrogens with one attached hydrogen (secondary N) is 1. The molecule has 3 N–H and O–H groups in total. The molecule has 0 aliphatic carbocycles. The molecule has 3 aromatic rings. The second kappa shape index (κ2) is 8.37. The minimum absolute atomic E-state index is 0.00386. The molecule has 2 amide bonds. The average molecular weight is 449 g/mol. The first-order chi connectivity index (χ1) is 14.0. The summed E-state index contributed by atoms with van der Waals surface area (Å²) >= 11 is 5.47. The molecule has 0 bridgehead atoms. The highest BCUT2D eigenvalue weighted by Crippen LogP contribution is 2.33. The van der Waals surface area contributed by atoms with Crippen molar-refractivity contribution >= 4 is 42.5 Å². The molecule has 0 spiro atoms. The minimum atomic E-state index is -2.71. The van der Waals surface area contributed by atoms with E-state index in [2.05, 4.69) is 19.8 Å². The van der Waals surface area contributed by atoms with Crippen LogP contribution in [0.2, 0.25) is 0 Å². The van der Waals surface area contributed by atoms with Crippen LogP contribution in [0.3, 0.4) is 0 Å². The first-order valence-corrected chi connectivity index (χ1v) is 12.0. The van der Waals surface area contributed by atoms with Gasteiger partial charge in [0.15, 0.2) is 5.65 Å². The molecule has 1 unspecified atom stereocenters. The normalized spacial score (nSPS) is 13.6. The Morgan fingerprint density at radius 3 is 2.37 bits per heavy atom. The second-order valence-electron chi connectivity index (χ2n) is 7.71. The molecule has 7 nitrogen and oxygen atoms in total. The van der Waals surface area contributed by atoms with Crippen molar-refractivity contribution in [3.8, 4) is 0 Å². The van der Waals surface area contributed by atoms with E-state index in [1.807, 2.05) is 27.7 Å². The maximum atomic E-state index is 14.1. The fraction of sp³-hybridized carbons (Fsp3) is 0.350. The van der Waals surface area contributed by atoms with Crippen LogP contribution in [0.25, 0.3) is 11.0 Å². The number of urea groups is 1. The second-order valence-corrected chi connectivity index (χ2v) is 11.0. The van der Waals surface area contributed by atoms with E-state index in [0.29, 0.717) is 27.4 Å². The van der Waals surface area contributed by atoms with Gasteiger partial charge in [-0.1, -0.05) is 27.7 Å². The van der Waals surface area contributed by atoms with E-state index in [1.165, 1.54) is 18.3 Å². The van der Waals surface area contributed by atoms with Gasteiger partial charge in [0.2, 0.25) is 0 Å². The Morgan fingerprint density at radius 2 is 1.80 bits per heavy atom. The van der Waals surface area contributed by atoms with E-state index in [4.69, 9.17) is 16.3 Å². The molecule has 10 heteroatoms. The highest BCUT2D eigenvalue weighted by Gasteiger charge is 2.19. The largest absolute Gasteiger partial charge is 0.353 e. The topological polar surface area (TPSA) is 98.2 Å². The quantitative estimate of drug-likeness (QED) is 0.607. The maximum Gasteiger partial charge on any atom is 0.353 e. The zero-order valence-corrected chi connectivity index (χ0v) is 19.1. The number of amides is 2. The number of anilines is 1. The van der Waals surface area contributed by atoms with Crippen LogP contribution in [-0.2, 0) is 26.8 Å². The number of rotatable bonds is 4. The van der Waals surface area contributed by atoms with Crippen molar-refractivity contribution in [3.63, 3.8) is 0 Å². The van der Waals surface area contributed by atoms with E-state index in [0.717, 1.165) is 5.39 Å². The lowest BCUT2D eigenvalue weighted by Crippen LogP contribution is -2.18. The lowest BCUT2D eigenvalue weighted by molar-refractivity contribution is 0.260. The Balaban J connectivity index is 2.00.